The maximum absolute atomic E-state index is 13.3. The van der Waals surface area contributed by atoms with Crippen LogP contribution in [0.1, 0.15) is 29.3 Å². The van der Waals surface area contributed by atoms with Crippen LogP contribution < -0.4 is 4.72 Å². The first kappa shape index (κ1) is 21.9. The van der Waals surface area contributed by atoms with Gasteiger partial charge in [-0.15, -0.1) is 0 Å². The SMILES string of the molecule is O=C(CCNSc1ccccc1)N1CCc2c([nH]c3ccc(Cl)cc23)C1c1cccc(O)c1. The number of carbonyl (C=O) groups is 1. The molecule has 0 aliphatic carbocycles. The number of carbonyl (C=O) groups excluding carboxylic acids is 1. The van der Waals surface area contributed by atoms with E-state index in [9.17, 15) is 9.90 Å². The third kappa shape index (κ3) is 4.60. The number of rotatable bonds is 6. The molecule has 0 saturated heterocycles. The van der Waals surface area contributed by atoms with Crippen LogP contribution in [-0.4, -0.2) is 34.0 Å². The monoisotopic (exact) mass is 477 g/mol. The number of nitrogens with one attached hydrogen (secondary N) is 2. The number of benzene rings is 3. The number of phenolic OH excluding ortho intramolecular Hbond substituents is 1. The summed E-state index contributed by atoms with van der Waals surface area (Å²) < 4.78 is 3.29. The average Bonchev–Trinajstić information content (AvgIpc) is 3.19. The van der Waals surface area contributed by atoms with E-state index in [4.69, 9.17) is 11.6 Å². The lowest BCUT2D eigenvalue weighted by atomic mass is 9.92. The molecule has 5 rings (SSSR count). The zero-order valence-corrected chi connectivity index (χ0v) is 19.5. The second kappa shape index (κ2) is 9.51. The van der Waals surface area contributed by atoms with Gasteiger partial charge in [0.1, 0.15) is 5.75 Å². The maximum Gasteiger partial charge on any atom is 0.224 e. The number of hydrogen-bond acceptors (Lipinski definition) is 4. The van der Waals surface area contributed by atoms with E-state index in [0.717, 1.165) is 33.5 Å². The number of fused-ring (bicyclic) bond motifs is 3. The Bertz CT molecular complexity index is 1290. The molecule has 1 aromatic heterocycles. The van der Waals surface area contributed by atoms with Gasteiger partial charge in [-0.1, -0.05) is 41.9 Å². The van der Waals surface area contributed by atoms with E-state index in [2.05, 4.69) is 9.71 Å². The third-order valence-electron chi connectivity index (χ3n) is 5.97. The molecule has 168 valence electrons. The minimum Gasteiger partial charge on any atom is -0.508 e. The van der Waals surface area contributed by atoms with Crippen molar-refractivity contribution in [2.75, 3.05) is 13.1 Å². The van der Waals surface area contributed by atoms with Crippen molar-refractivity contribution in [1.82, 2.24) is 14.6 Å². The van der Waals surface area contributed by atoms with Gasteiger partial charge in [0, 0.05) is 46.0 Å². The van der Waals surface area contributed by atoms with Crippen molar-refractivity contribution in [1.29, 1.82) is 0 Å². The van der Waals surface area contributed by atoms with Gasteiger partial charge >= 0.3 is 0 Å². The van der Waals surface area contributed by atoms with Crippen LogP contribution in [0.5, 0.6) is 5.75 Å². The first-order chi connectivity index (χ1) is 16.1. The molecule has 1 unspecified atom stereocenters. The Balaban J connectivity index is 1.40. The molecule has 0 bridgehead atoms. The van der Waals surface area contributed by atoms with Crippen molar-refractivity contribution in [3.8, 4) is 5.75 Å². The highest BCUT2D eigenvalue weighted by molar-refractivity contribution is 7.97. The third-order valence-corrected chi connectivity index (χ3v) is 7.06. The molecule has 1 aliphatic heterocycles. The molecule has 7 heteroatoms. The summed E-state index contributed by atoms with van der Waals surface area (Å²) in [6, 6.07) is 22.7. The number of aromatic hydroxyl groups is 1. The summed E-state index contributed by atoms with van der Waals surface area (Å²) >= 11 is 7.79. The van der Waals surface area contributed by atoms with Crippen molar-refractivity contribution in [2.45, 2.75) is 23.8 Å². The summed E-state index contributed by atoms with van der Waals surface area (Å²) in [4.78, 5) is 19.9. The molecule has 0 saturated carbocycles. The summed E-state index contributed by atoms with van der Waals surface area (Å²) in [5.41, 5.74) is 4.06. The lowest BCUT2D eigenvalue weighted by Gasteiger charge is -2.36. The van der Waals surface area contributed by atoms with Crippen LogP contribution in [0.3, 0.4) is 0 Å². The van der Waals surface area contributed by atoms with Gasteiger partial charge in [0.2, 0.25) is 5.91 Å². The fourth-order valence-corrected chi connectivity index (χ4v) is 5.33. The molecule has 1 atom stereocenters. The van der Waals surface area contributed by atoms with E-state index in [-0.39, 0.29) is 17.7 Å². The molecule has 3 N–H and O–H groups in total. The van der Waals surface area contributed by atoms with E-state index < -0.39 is 0 Å². The van der Waals surface area contributed by atoms with E-state index >= 15 is 0 Å². The van der Waals surface area contributed by atoms with E-state index in [1.807, 2.05) is 65.6 Å². The van der Waals surface area contributed by atoms with Crippen LogP contribution in [-0.2, 0) is 11.2 Å². The van der Waals surface area contributed by atoms with Crippen molar-refractivity contribution >= 4 is 40.4 Å². The molecule has 4 aromatic rings. The number of phenols is 1. The number of aromatic amines is 1. The maximum atomic E-state index is 13.3. The molecular weight excluding hydrogens is 454 g/mol. The minimum absolute atomic E-state index is 0.0758. The largest absolute Gasteiger partial charge is 0.508 e. The summed E-state index contributed by atoms with van der Waals surface area (Å²) in [5.74, 6) is 0.263. The van der Waals surface area contributed by atoms with Gasteiger partial charge in [0.05, 0.1) is 6.04 Å². The van der Waals surface area contributed by atoms with Crippen molar-refractivity contribution in [3.63, 3.8) is 0 Å². The summed E-state index contributed by atoms with van der Waals surface area (Å²) in [6.45, 7) is 1.17. The average molecular weight is 478 g/mol. The fourth-order valence-electron chi connectivity index (χ4n) is 4.50. The summed E-state index contributed by atoms with van der Waals surface area (Å²) in [6.07, 6.45) is 1.14. The van der Waals surface area contributed by atoms with Crippen LogP contribution >= 0.6 is 23.5 Å². The molecule has 33 heavy (non-hydrogen) atoms. The molecule has 0 radical (unpaired) electrons. The standard InChI is InChI=1S/C26H24ClN3O2S/c27-18-9-10-23-22(16-18)21-12-14-30(24(32)11-13-28-33-20-7-2-1-3-8-20)26(25(21)29-23)17-5-4-6-19(31)15-17/h1-10,15-16,26,28-29,31H,11-14H2. The second-order valence-electron chi connectivity index (χ2n) is 8.10. The van der Waals surface area contributed by atoms with Gasteiger partial charge in [-0.3, -0.25) is 9.52 Å². The van der Waals surface area contributed by atoms with Crippen LogP contribution in [0.2, 0.25) is 5.02 Å². The topological polar surface area (TPSA) is 68.4 Å². The van der Waals surface area contributed by atoms with Crippen LogP contribution in [0.4, 0.5) is 0 Å². The molecule has 5 nitrogen and oxygen atoms in total. The van der Waals surface area contributed by atoms with Crippen LogP contribution in [0.15, 0.2) is 77.7 Å². The lowest BCUT2D eigenvalue weighted by Crippen LogP contribution is -2.41. The zero-order valence-electron chi connectivity index (χ0n) is 17.9. The quantitative estimate of drug-likeness (QED) is 0.246. The van der Waals surface area contributed by atoms with Gasteiger partial charge < -0.3 is 15.0 Å². The van der Waals surface area contributed by atoms with E-state index in [1.165, 1.54) is 17.5 Å². The number of halogens is 1. The highest BCUT2D eigenvalue weighted by Crippen LogP contribution is 2.40. The molecular formula is C26H24ClN3O2S. The number of H-pyrrole nitrogens is 1. The van der Waals surface area contributed by atoms with Gasteiger partial charge in [0.15, 0.2) is 0 Å². The molecule has 1 amide bonds. The van der Waals surface area contributed by atoms with E-state index in [1.54, 1.807) is 12.1 Å². The minimum atomic E-state index is -0.290. The predicted molar refractivity (Wildman–Crippen MR) is 134 cm³/mol. The highest BCUT2D eigenvalue weighted by Gasteiger charge is 2.34. The number of amides is 1. The Kier molecular flexibility index (Phi) is 6.31. The zero-order chi connectivity index (χ0) is 22.8. The first-order valence-corrected chi connectivity index (χ1v) is 12.1. The summed E-state index contributed by atoms with van der Waals surface area (Å²) in [5, 5.41) is 11.9. The fraction of sp³-hybridized carbons (Fsp3) is 0.192. The van der Waals surface area contributed by atoms with Gasteiger partial charge in [0.25, 0.3) is 0 Å². The van der Waals surface area contributed by atoms with Crippen molar-refractivity contribution < 1.29 is 9.90 Å². The Labute approximate surface area is 201 Å². The second-order valence-corrected chi connectivity index (χ2v) is 9.50. The predicted octanol–water partition coefficient (Wildman–Crippen LogP) is 5.69. The Morgan fingerprint density at radius 2 is 1.97 bits per heavy atom. The molecule has 1 aliphatic rings. The number of nitrogens with zero attached hydrogens (tertiary/aromatic N) is 1. The number of hydrogen-bond donors (Lipinski definition) is 3. The Hall–Kier alpha value is -2.93. The van der Waals surface area contributed by atoms with Crippen LogP contribution in [0, 0.1) is 0 Å². The van der Waals surface area contributed by atoms with Gasteiger partial charge in [-0.05, 0) is 72.0 Å². The molecule has 2 heterocycles. The first-order valence-electron chi connectivity index (χ1n) is 10.9. The highest BCUT2D eigenvalue weighted by atomic mass is 35.5. The van der Waals surface area contributed by atoms with Crippen molar-refractivity contribution in [3.05, 3.63) is 94.6 Å². The molecule has 0 fully saturated rings. The molecule has 0 spiro atoms. The lowest BCUT2D eigenvalue weighted by molar-refractivity contribution is -0.133. The van der Waals surface area contributed by atoms with E-state index in [0.29, 0.717) is 24.5 Å². The number of aromatic nitrogens is 1. The smallest absolute Gasteiger partial charge is 0.224 e. The van der Waals surface area contributed by atoms with Crippen molar-refractivity contribution in [2.24, 2.45) is 0 Å². The Morgan fingerprint density at radius 3 is 2.79 bits per heavy atom. The van der Waals surface area contributed by atoms with Gasteiger partial charge in [-0.2, -0.15) is 0 Å². The normalized spacial score (nSPS) is 15.5. The van der Waals surface area contributed by atoms with Gasteiger partial charge in [-0.25, -0.2) is 0 Å². The summed E-state index contributed by atoms with van der Waals surface area (Å²) in [7, 11) is 0. The Morgan fingerprint density at radius 1 is 1.12 bits per heavy atom. The van der Waals surface area contributed by atoms with Crippen LogP contribution in [0.25, 0.3) is 10.9 Å². The molecule has 3 aromatic carbocycles.